The molecule has 1 saturated heterocycles. The maximum Gasteiger partial charge on any atom is 0.334 e. The van der Waals surface area contributed by atoms with Gasteiger partial charge in [-0.15, -0.1) is 0 Å². The average molecular weight is 593 g/mol. The van der Waals surface area contributed by atoms with E-state index < -0.39 is 6.10 Å². The topological polar surface area (TPSA) is 76.0 Å². The van der Waals surface area contributed by atoms with Crippen molar-refractivity contribution in [2.45, 2.75) is 218 Å². The normalized spacial score (nSPS) is 22.0. The monoisotopic (exact) mass is 593 g/mol. The number of aliphatic hydroxyl groups excluding tert-OH is 2. The van der Waals surface area contributed by atoms with Crippen molar-refractivity contribution in [3.05, 3.63) is 11.6 Å². The molecule has 2 rings (SSSR count). The molecule has 0 amide bonds. The minimum atomic E-state index is -0.400. The number of esters is 1. The van der Waals surface area contributed by atoms with Crippen LogP contribution in [0.1, 0.15) is 187 Å². The number of hydrogen-bond donors (Lipinski definition) is 2. The van der Waals surface area contributed by atoms with Crippen LogP contribution in [0.25, 0.3) is 0 Å². The maximum absolute atomic E-state index is 11.6. The van der Waals surface area contributed by atoms with Crippen LogP contribution in [0.3, 0.4) is 0 Å². The molecule has 0 spiro atoms. The fourth-order valence-electron chi connectivity index (χ4n) is 6.72. The van der Waals surface area contributed by atoms with Gasteiger partial charge in [-0.25, -0.2) is 4.79 Å². The molecule has 1 fully saturated rings. The second-order valence-corrected chi connectivity index (χ2v) is 13.5. The van der Waals surface area contributed by atoms with E-state index in [0.717, 1.165) is 63.4 Å². The Morgan fingerprint density at radius 3 is 1.40 bits per heavy atom. The van der Waals surface area contributed by atoms with Crippen LogP contribution >= 0.6 is 0 Å². The molecule has 2 aliphatic heterocycles. The molecule has 5 atom stereocenters. The number of rotatable bonds is 28. The van der Waals surface area contributed by atoms with Gasteiger partial charge >= 0.3 is 5.97 Å². The van der Waals surface area contributed by atoms with Crippen molar-refractivity contribution in [1.82, 2.24) is 0 Å². The van der Waals surface area contributed by atoms with E-state index in [0.29, 0.717) is 0 Å². The zero-order valence-electron chi connectivity index (χ0n) is 27.7. The molecular formula is C37H68O5. The summed E-state index contributed by atoms with van der Waals surface area (Å²) in [5.74, 6) is -0.125. The third-order valence-electron chi connectivity index (χ3n) is 9.48. The van der Waals surface area contributed by atoms with Gasteiger partial charge in [0.05, 0.1) is 24.4 Å². The van der Waals surface area contributed by atoms with Gasteiger partial charge in [-0.05, 0) is 51.5 Å². The summed E-state index contributed by atoms with van der Waals surface area (Å²) >= 11 is 0. The van der Waals surface area contributed by atoms with E-state index in [9.17, 15) is 15.0 Å². The Hall–Kier alpha value is -0.910. The molecule has 2 N–H and O–H groups in total. The summed E-state index contributed by atoms with van der Waals surface area (Å²) < 4.78 is 11.3. The molecule has 0 bridgehead atoms. The van der Waals surface area contributed by atoms with Gasteiger partial charge in [-0.1, -0.05) is 142 Å². The Balaban J connectivity index is 1.34. The van der Waals surface area contributed by atoms with E-state index in [2.05, 4.69) is 6.92 Å². The summed E-state index contributed by atoms with van der Waals surface area (Å²) in [7, 11) is 0. The van der Waals surface area contributed by atoms with Gasteiger partial charge in [0.2, 0.25) is 0 Å². The first-order valence-corrected chi connectivity index (χ1v) is 18.4. The Labute approximate surface area is 259 Å². The third-order valence-corrected chi connectivity index (χ3v) is 9.48. The molecule has 0 unspecified atom stereocenters. The SMILES string of the molecule is CCCCCCCCCCCCCCCC[C@@H](O)[C@H]1CC[C@@H]([C@@H](O)CCCCCCCCCCC2=C[C@H](C)OC2=O)O1. The number of unbranched alkanes of at least 4 members (excludes halogenated alkanes) is 20. The quantitative estimate of drug-likeness (QED) is 0.0698. The summed E-state index contributed by atoms with van der Waals surface area (Å²) in [5.41, 5.74) is 0.859. The molecule has 0 aliphatic carbocycles. The summed E-state index contributed by atoms with van der Waals surface area (Å²) in [6.07, 6.45) is 33.4. The van der Waals surface area contributed by atoms with Crippen molar-refractivity contribution in [1.29, 1.82) is 0 Å². The van der Waals surface area contributed by atoms with Crippen LogP contribution in [-0.2, 0) is 14.3 Å². The third kappa shape index (κ3) is 17.4. The van der Waals surface area contributed by atoms with Crippen molar-refractivity contribution >= 4 is 5.97 Å². The van der Waals surface area contributed by atoms with Crippen molar-refractivity contribution < 1.29 is 24.5 Å². The molecular weight excluding hydrogens is 524 g/mol. The largest absolute Gasteiger partial charge is 0.455 e. The van der Waals surface area contributed by atoms with Crippen LogP contribution in [0, 0.1) is 0 Å². The van der Waals surface area contributed by atoms with Crippen molar-refractivity contribution in [3.63, 3.8) is 0 Å². The highest BCUT2D eigenvalue weighted by molar-refractivity contribution is 5.90. The van der Waals surface area contributed by atoms with Crippen LogP contribution in [0.2, 0.25) is 0 Å². The number of carbonyl (C=O) groups is 1. The second-order valence-electron chi connectivity index (χ2n) is 13.5. The zero-order valence-corrected chi connectivity index (χ0v) is 27.7. The molecule has 246 valence electrons. The lowest BCUT2D eigenvalue weighted by molar-refractivity contribution is -0.139. The van der Waals surface area contributed by atoms with Crippen LogP contribution < -0.4 is 0 Å². The van der Waals surface area contributed by atoms with Crippen LogP contribution in [0.5, 0.6) is 0 Å². The van der Waals surface area contributed by atoms with Gasteiger partial charge in [0.25, 0.3) is 0 Å². The van der Waals surface area contributed by atoms with Gasteiger partial charge < -0.3 is 19.7 Å². The fourth-order valence-corrected chi connectivity index (χ4v) is 6.72. The average Bonchev–Trinajstić information content (AvgIpc) is 3.60. The van der Waals surface area contributed by atoms with E-state index in [1.165, 1.54) is 116 Å². The van der Waals surface area contributed by atoms with Gasteiger partial charge in [-0.3, -0.25) is 0 Å². The highest BCUT2D eigenvalue weighted by Crippen LogP contribution is 2.28. The predicted molar refractivity (Wildman–Crippen MR) is 175 cm³/mol. The highest BCUT2D eigenvalue weighted by Gasteiger charge is 2.34. The molecule has 5 nitrogen and oxygen atoms in total. The van der Waals surface area contributed by atoms with E-state index in [-0.39, 0.29) is 30.4 Å². The lowest BCUT2D eigenvalue weighted by Gasteiger charge is -2.22. The van der Waals surface area contributed by atoms with E-state index >= 15 is 0 Å². The molecule has 2 heterocycles. The minimum absolute atomic E-state index is 0.0528. The Morgan fingerprint density at radius 1 is 0.643 bits per heavy atom. The Kier molecular flexibility index (Phi) is 21.7. The fraction of sp³-hybridized carbons (Fsp3) is 0.919. The molecule has 0 saturated carbocycles. The maximum atomic E-state index is 11.6. The smallest absolute Gasteiger partial charge is 0.334 e. The van der Waals surface area contributed by atoms with Gasteiger partial charge in [0.1, 0.15) is 6.10 Å². The first kappa shape index (κ1) is 37.3. The molecule has 0 aromatic heterocycles. The van der Waals surface area contributed by atoms with Gasteiger partial charge in [-0.2, -0.15) is 0 Å². The number of carbonyl (C=O) groups excluding carboxylic acids is 1. The minimum Gasteiger partial charge on any atom is -0.455 e. The van der Waals surface area contributed by atoms with E-state index in [4.69, 9.17) is 9.47 Å². The zero-order chi connectivity index (χ0) is 30.3. The van der Waals surface area contributed by atoms with Gasteiger partial charge in [0, 0.05) is 5.57 Å². The van der Waals surface area contributed by atoms with Crippen molar-refractivity contribution in [2.75, 3.05) is 0 Å². The lowest BCUT2D eigenvalue weighted by Crippen LogP contribution is -2.31. The van der Waals surface area contributed by atoms with Crippen LogP contribution in [0.4, 0.5) is 0 Å². The predicted octanol–water partition coefficient (Wildman–Crippen LogP) is 9.90. The van der Waals surface area contributed by atoms with E-state index in [1.807, 2.05) is 13.0 Å². The summed E-state index contributed by atoms with van der Waals surface area (Å²) in [6.45, 7) is 4.19. The molecule has 0 aromatic rings. The summed E-state index contributed by atoms with van der Waals surface area (Å²) in [5, 5.41) is 21.3. The molecule has 42 heavy (non-hydrogen) atoms. The van der Waals surface area contributed by atoms with Crippen molar-refractivity contribution in [3.8, 4) is 0 Å². The number of ether oxygens (including phenoxy) is 2. The first-order chi connectivity index (χ1) is 20.5. The molecule has 2 aliphatic rings. The number of cyclic esters (lactones) is 1. The van der Waals surface area contributed by atoms with Gasteiger partial charge in [0.15, 0.2) is 0 Å². The standard InChI is InChI=1S/C37H68O5/c1-3-4-5-6-7-8-9-10-11-12-13-17-20-23-26-33(38)35-28-29-36(42-35)34(39)27-24-21-18-15-14-16-19-22-25-32-30-31(2)41-37(32)40/h30-31,33-36,38-39H,3-29H2,1-2H3/t31-,33+,34-,35+,36-/m0/s1. The Morgan fingerprint density at radius 2 is 1.02 bits per heavy atom. The molecule has 0 aromatic carbocycles. The number of aliphatic hydroxyl groups is 2. The first-order valence-electron chi connectivity index (χ1n) is 18.4. The summed E-state index contributed by atoms with van der Waals surface area (Å²) in [4.78, 5) is 11.6. The van der Waals surface area contributed by atoms with Crippen LogP contribution in [0.15, 0.2) is 11.6 Å². The summed E-state index contributed by atoms with van der Waals surface area (Å²) in [6, 6.07) is 0. The second kappa shape index (κ2) is 24.4. The molecule has 0 radical (unpaired) electrons. The van der Waals surface area contributed by atoms with Crippen molar-refractivity contribution in [2.24, 2.45) is 0 Å². The van der Waals surface area contributed by atoms with E-state index in [1.54, 1.807) is 0 Å². The Bertz CT molecular complexity index is 692. The molecule has 5 heteroatoms. The van der Waals surface area contributed by atoms with Crippen LogP contribution in [-0.4, -0.2) is 46.7 Å². The highest BCUT2D eigenvalue weighted by atomic mass is 16.5. The lowest BCUT2D eigenvalue weighted by atomic mass is 10.00. The number of hydrogen-bond acceptors (Lipinski definition) is 5.